The van der Waals surface area contributed by atoms with E-state index in [1.54, 1.807) is 23.1 Å². The summed E-state index contributed by atoms with van der Waals surface area (Å²) in [6, 6.07) is 18.8. The standard InChI is InChI=1S/C22H17ClN2O2S2/c23-16-7-5-15(6-8-16)20-10-9-18(27-20)11-24-22(26)19-3-1-2-4-21(19)29-13-17-12-28-14-25-17/h1-10,12,14H,11,13H2,(H,24,26). The third kappa shape index (κ3) is 5.09. The number of furan rings is 1. The number of aromatic nitrogens is 1. The molecule has 0 aliphatic rings. The maximum atomic E-state index is 12.7. The van der Waals surface area contributed by atoms with E-state index in [0.717, 1.165) is 27.7 Å². The lowest BCUT2D eigenvalue weighted by Crippen LogP contribution is -2.23. The number of hydrogen-bond acceptors (Lipinski definition) is 5. The van der Waals surface area contributed by atoms with Gasteiger partial charge in [0.15, 0.2) is 0 Å². The van der Waals surface area contributed by atoms with Gasteiger partial charge in [-0.25, -0.2) is 4.98 Å². The molecule has 4 rings (SSSR count). The zero-order chi connectivity index (χ0) is 20.1. The summed E-state index contributed by atoms with van der Waals surface area (Å²) >= 11 is 9.11. The van der Waals surface area contributed by atoms with Crippen molar-refractivity contribution in [1.29, 1.82) is 0 Å². The number of amides is 1. The van der Waals surface area contributed by atoms with Gasteiger partial charge in [0.05, 0.1) is 23.3 Å². The van der Waals surface area contributed by atoms with Gasteiger partial charge >= 0.3 is 0 Å². The van der Waals surface area contributed by atoms with E-state index in [-0.39, 0.29) is 5.91 Å². The van der Waals surface area contributed by atoms with Crippen LogP contribution in [-0.2, 0) is 12.3 Å². The largest absolute Gasteiger partial charge is 0.459 e. The van der Waals surface area contributed by atoms with E-state index in [1.165, 1.54) is 0 Å². The van der Waals surface area contributed by atoms with E-state index in [2.05, 4.69) is 10.3 Å². The first-order valence-corrected chi connectivity index (χ1v) is 11.2. The number of nitrogens with zero attached hydrogens (tertiary/aromatic N) is 1. The summed E-state index contributed by atoms with van der Waals surface area (Å²) in [7, 11) is 0. The molecule has 0 atom stereocenters. The van der Waals surface area contributed by atoms with Crippen molar-refractivity contribution < 1.29 is 9.21 Å². The van der Waals surface area contributed by atoms with Crippen LogP contribution in [0.4, 0.5) is 0 Å². The summed E-state index contributed by atoms with van der Waals surface area (Å²) in [6.45, 7) is 0.317. The highest BCUT2D eigenvalue weighted by atomic mass is 35.5. The fourth-order valence-electron chi connectivity index (χ4n) is 2.75. The lowest BCUT2D eigenvalue weighted by molar-refractivity contribution is 0.0945. The molecule has 0 unspecified atom stereocenters. The number of thioether (sulfide) groups is 1. The van der Waals surface area contributed by atoms with E-state index < -0.39 is 0 Å². The normalized spacial score (nSPS) is 10.8. The molecule has 4 aromatic rings. The molecule has 29 heavy (non-hydrogen) atoms. The second-order valence-corrected chi connectivity index (χ2v) is 8.39. The molecule has 7 heteroatoms. The van der Waals surface area contributed by atoms with E-state index in [4.69, 9.17) is 16.0 Å². The van der Waals surface area contributed by atoms with Crippen LogP contribution in [0.15, 0.2) is 80.9 Å². The molecule has 0 fully saturated rings. The van der Waals surface area contributed by atoms with Crippen LogP contribution < -0.4 is 5.32 Å². The number of carbonyl (C=O) groups excluding carboxylic acids is 1. The molecule has 1 N–H and O–H groups in total. The Kier molecular flexibility index (Phi) is 6.34. The molecule has 146 valence electrons. The highest BCUT2D eigenvalue weighted by Gasteiger charge is 2.13. The van der Waals surface area contributed by atoms with E-state index in [1.807, 2.05) is 71.6 Å². The minimum absolute atomic E-state index is 0.129. The van der Waals surface area contributed by atoms with E-state index in [9.17, 15) is 4.79 Å². The summed E-state index contributed by atoms with van der Waals surface area (Å²) in [5, 5.41) is 5.64. The Morgan fingerprint density at radius 1 is 1.10 bits per heavy atom. The Bertz CT molecular complexity index is 1090. The summed E-state index contributed by atoms with van der Waals surface area (Å²) in [4.78, 5) is 17.9. The fourth-order valence-corrected chi connectivity index (χ4v) is 4.49. The van der Waals surface area contributed by atoms with Crippen molar-refractivity contribution in [1.82, 2.24) is 10.3 Å². The quantitative estimate of drug-likeness (QED) is 0.343. The van der Waals surface area contributed by atoms with Gasteiger partial charge in [-0.05, 0) is 48.5 Å². The second kappa shape index (κ2) is 9.31. The molecule has 2 aromatic heterocycles. The van der Waals surface area contributed by atoms with Crippen LogP contribution in [0, 0.1) is 0 Å². The Labute approximate surface area is 181 Å². The average Bonchev–Trinajstić information content (AvgIpc) is 3.43. The van der Waals surface area contributed by atoms with Gasteiger partial charge in [0.25, 0.3) is 5.91 Å². The topological polar surface area (TPSA) is 55.1 Å². The van der Waals surface area contributed by atoms with Crippen molar-refractivity contribution in [3.05, 3.63) is 93.6 Å². The van der Waals surface area contributed by atoms with Crippen LogP contribution in [0.2, 0.25) is 5.02 Å². The van der Waals surface area contributed by atoms with Crippen molar-refractivity contribution in [2.75, 3.05) is 0 Å². The molecule has 0 bridgehead atoms. The van der Waals surface area contributed by atoms with E-state index >= 15 is 0 Å². The Morgan fingerprint density at radius 2 is 1.93 bits per heavy atom. The third-order valence-corrected chi connectivity index (χ3v) is 6.20. The van der Waals surface area contributed by atoms with Gasteiger partial charge in [-0.1, -0.05) is 23.7 Å². The van der Waals surface area contributed by atoms with Crippen molar-refractivity contribution in [2.24, 2.45) is 0 Å². The number of rotatable bonds is 7. The number of hydrogen-bond donors (Lipinski definition) is 1. The van der Waals surface area contributed by atoms with Crippen LogP contribution in [0.3, 0.4) is 0 Å². The average molecular weight is 441 g/mol. The number of thiazole rings is 1. The number of halogens is 1. The highest BCUT2D eigenvalue weighted by Crippen LogP contribution is 2.27. The van der Waals surface area contributed by atoms with Gasteiger partial charge in [-0.2, -0.15) is 0 Å². The Hall–Kier alpha value is -2.54. The van der Waals surface area contributed by atoms with Crippen LogP contribution >= 0.6 is 34.7 Å². The molecule has 0 radical (unpaired) electrons. The van der Waals surface area contributed by atoms with E-state index in [0.29, 0.717) is 22.9 Å². The molecule has 0 saturated heterocycles. The predicted molar refractivity (Wildman–Crippen MR) is 118 cm³/mol. The number of benzene rings is 2. The van der Waals surface area contributed by atoms with Gasteiger partial charge < -0.3 is 9.73 Å². The van der Waals surface area contributed by atoms with Gasteiger partial charge in [0, 0.05) is 26.6 Å². The molecule has 4 nitrogen and oxygen atoms in total. The molecule has 0 spiro atoms. The smallest absolute Gasteiger partial charge is 0.252 e. The zero-order valence-corrected chi connectivity index (χ0v) is 17.7. The molecule has 0 saturated carbocycles. The molecule has 2 heterocycles. The monoisotopic (exact) mass is 440 g/mol. The molecule has 1 amide bonds. The molecule has 0 aliphatic carbocycles. The maximum Gasteiger partial charge on any atom is 0.252 e. The lowest BCUT2D eigenvalue weighted by Gasteiger charge is -2.09. The lowest BCUT2D eigenvalue weighted by atomic mass is 10.2. The summed E-state index contributed by atoms with van der Waals surface area (Å²) in [5.41, 5.74) is 4.42. The van der Waals surface area contributed by atoms with Crippen molar-refractivity contribution in [3.8, 4) is 11.3 Å². The second-order valence-electron chi connectivity index (χ2n) is 6.22. The number of carbonyl (C=O) groups is 1. The van der Waals surface area contributed by atoms with Gasteiger partial charge in [-0.15, -0.1) is 23.1 Å². The highest BCUT2D eigenvalue weighted by molar-refractivity contribution is 7.98. The van der Waals surface area contributed by atoms with Crippen molar-refractivity contribution in [2.45, 2.75) is 17.2 Å². The van der Waals surface area contributed by atoms with Gasteiger partial charge in [0.2, 0.25) is 0 Å². The summed E-state index contributed by atoms with van der Waals surface area (Å²) < 4.78 is 5.85. The third-order valence-electron chi connectivity index (χ3n) is 4.20. The van der Waals surface area contributed by atoms with Gasteiger partial charge in [0.1, 0.15) is 11.5 Å². The molecule has 2 aromatic carbocycles. The molecule has 0 aliphatic heterocycles. The first-order valence-electron chi connectivity index (χ1n) is 8.91. The zero-order valence-electron chi connectivity index (χ0n) is 15.3. The first-order chi connectivity index (χ1) is 14.2. The summed E-state index contributed by atoms with van der Waals surface area (Å²) in [6.07, 6.45) is 0. The Balaban J connectivity index is 1.39. The fraction of sp³-hybridized carbons (Fsp3) is 0.0909. The summed E-state index contributed by atoms with van der Waals surface area (Å²) in [5.74, 6) is 2.04. The molecular formula is C22H17ClN2O2S2. The van der Waals surface area contributed by atoms with Crippen LogP contribution in [0.25, 0.3) is 11.3 Å². The Morgan fingerprint density at radius 3 is 2.72 bits per heavy atom. The van der Waals surface area contributed by atoms with Crippen LogP contribution in [-0.4, -0.2) is 10.9 Å². The van der Waals surface area contributed by atoms with Crippen LogP contribution in [0.5, 0.6) is 0 Å². The minimum Gasteiger partial charge on any atom is -0.459 e. The van der Waals surface area contributed by atoms with Gasteiger partial charge in [-0.3, -0.25) is 4.79 Å². The first kappa shape index (κ1) is 19.8. The van der Waals surface area contributed by atoms with Crippen LogP contribution in [0.1, 0.15) is 21.8 Å². The maximum absolute atomic E-state index is 12.7. The SMILES string of the molecule is O=C(NCc1ccc(-c2ccc(Cl)cc2)o1)c1ccccc1SCc1cscn1. The van der Waals surface area contributed by atoms with Crippen molar-refractivity contribution in [3.63, 3.8) is 0 Å². The molecular weight excluding hydrogens is 424 g/mol. The predicted octanol–water partition coefficient (Wildman–Crippen LogP) is 6.28. The number of nitrogens with one attached hydrogen (secondary N) is 1. The van der Waals surface area contributed by atoms with Crippen molar-refractivity contribution >= 4 is 40.6 Å². The minimum atomic E-state index is -0.129.